The second-order valence-electron chi connectivity index (χ2n) is 4.94. The van der Waals surface area contributed by atoms with Gasteiger partial charge < -0.3 is 5.84 Å². The minimum atomic E-state index is -0.387. The highest BCUT2D eigenvalue weighted by Gasteiger charge is 2.19. The maximum absolute atomic E-state index is 13.9. The van der Waals surface area contributed by atoms with Crippen molar-refractivity contribution < 1.29 is 4.39 Å². The summed E-state index contributed by atoms with van der Waals surface area (Å²) in [5.74, 6) is 5.94. The van der Waals surface area contributed by atoms with Crippen LogP contribution in [0.2, 0.25) is 5.02 Å². The number of aromatic nitrogens is 3. The number of nitrogen functional groups attached to an aromatic ring is 1. The molecule has 0 saturated heterocycles. The van der Waals surface area contributed by atoms with Crippen LogP contribution < -0.4 is 5.84 Å². The van der Waals surface area contributed by atoms with E-state index in [1.807, 2.05) is 31.2 Å². The Morgan fingerprint density at radius 3 is 2.57 bits per heavy atom. The Kier molecular flexibility index (Phi) is 4.54. The molecule has 0 saturated carbocycles. The molecule has 0 amide bonds. The highest BCUT2D eigenvalue weighted by Crippen LogP contribution is 2.37. The third kappa shape index (κ3) is 3.18. The van der Waals surface area contributed by atoms with E-state index in [0.717, 1.165) is 5.56 Å². The van der Waals surface area contributed by atoms with Crippen LogP contribution in [0.4, 0.5) is 4.39 Å². The molecule has 0 unspecified atom stereocenters. The molecule has 1 heterocycles. The first-order chi connectivity index (χ1) is 11.1. The highest BCUT2D eigenvalue weighted by atomic mass is 35.5. The second kappa shape index (κ2) is 6.60. The van der Waals surface area contributed by atoms with Gasteiger partial charge in [-0.15, -0.1) is 10.2 Å². The minimum absolute atomic E-state index is 0.0312. The summed E-state index contributed by atoms with van der Waals surface area (Å²) >= 11 is 7.63. The molecule has 3 rings (SSSR count). The Hall–Kier alpha value is -2.05. The molecule has 0 aliphatic heterocycles. The van der Waals surface area contributed by atoms with Crippen LogP contribution in [-0.2, 0) is 0 Å². The SMILES string of the molecule is C[C@H](Sc1nnc(-c2ccccc2F)n1N)c1ccccc1Cl. The van der Waals surface area contributed by atoms with Crippen molar-refractivity contribution in [3.05, 3.63) is 64.9 Å². The van der Waals surface area contributed by atoms with E-state index in [2.05, 4.69) is 10.2 Å². The van der Waals surface area contributed by atoms with Crippen LogP contribution in [-0.4, -0.2) is 14.9 Å². The Balaban J connectivity index is 1.89. The molecule has 0 aliphatic carbocycles. The van der Waals surface area contributed by atoms with Gasteiger partial charge in [-0.3, -0.25) is 0 Å². The van der Waals surface area contributed by atoms with Crippen molar-refractivity contribution in [1.29, 1.82) is 0 Å². The molecule has 0 radical (unpaired) electrons. The zero-order chi connectivity index (χ0) is 16.4. The van der Waals surface area contributed by atoms with Crippen molar-refractivity contribution in [1.82, 2.24) is 14.9 Å². The summed E-state index contributed by atoms with van der Waals surface area (Å²) < 4.78 is 15.2. The summed E-state index contributed by atoms with van der Waals surface area (Å²) in [6.45, 7) is 2.00. The Morgan fingerprint density at radius 2 is 1.83 bits per heavy atom. The van der Waals surface area contributed by atoms with Crippen molar-refractivity contribution in [2.45, 2.75) is 17.3 Å². The van der Waals surface area contributed by atoms with Crippen LogP contribution in [0.3, 0.4) is 0 Å². The lowest BCUT2D eigenvalue weighted by atomic mass is 10.2. The van der Waals surface area contributed by atoms with Gasteiger partial charge in [0.15, 0.2) is 5.82 Å². The van der Waals surface area contributed by atoms with E-state index >= 15 is 0 Å². The van der Waals surface area contributed by atoms with Gasteiger partial charge >= 0.3 is 0 Å². The Morgan fingerprint density at radius 1 is 1.13 bits per heavy atom. The van der Waals surface area contributed by atoms with E-state index in [4.69, 9.17) is 17.4 Å². The van der Waals surface area contributed by atoms with Crippen LogP contribution in [0, 0.1) is 5.82 Å². The standard InChI is InChI=1S/C16H14ClFN4S/c1-10(11-6-2-4-8-13(11)17)23-16-21-20-15(22(16)19)12-7-3-5-9-14(12)18/h2-10H,19H2,1H3/t10-/m0/s1. The lowest BCUT2D eigenvalue weighted by molar-refractivity contribution is 0.629. The fourth-order valence-electron chi connectivity index (χ4n) is 2.21. The number of rotatable bonds is 4. The molecular formula is C16H14ClFN4S. The molecule has 1 aromatic heterocycles. The van der Waals surface area contributed by atoms with Crippen molar-refractivity contribution in [2.75, 3.05) is 5.84 Å². The summed E-state index contributed by atoms with van der Waals surface area (Å²) in [6.07, 6.45) is 0. The minimum Gasteiger partial charge on any atom is -0.335 e. The average molecular weight is 349 g/mol. The largest absolute Gasteiger partial charge is 0.335 e. The topological polar surface area (TPSA) is 56.7 Å². The van der Waals surface area contributed by atoms with Gasteiger partial charge in [-0.1, -0.05) is 53.7 Å². The van der Waals surface area contributed by atoms with E-state index in [9.17, 15) is 4.39 Å². The molecule has 1 atom stereocenters. The lowest BCUT2D eigenvalue weighted by Gasteiger charge is -2.12. The zero-order valence-electron chi connectivity index (χ0n) is 12.3. The highest BCUT2D eigenvalue weighted by molar-refractivity contribution is 7.99. The maximum atomic E-state index is 13.9. The summed E-state index contributed by atoms with van der Waals surface area (Å²) in [5.41, 5.74) is 1.30. The number of thioether (sulfide) groups is 1. The van der Waals surface area contributed by atoms with Gasteiger partial charge in [0.1, 0.15) is 5.82 Å². The Labute approximate surface area is 142 Å². The third-order valence-corrected chi connectivity index (χ3v) is 4.85. The molecule has 0 spiro atoms. The molecule has 2 aromatic carbocycles. The molecular weight excluding hydrogens is 335 g/mol. The molecule has 0 aliphatic rings. The number of halogens is 2. The van der Waals surface area contributed by atoms with Crippen LogP contribution in [0.5, 0.6) is 0 Å². The monoisotopic (exact) mass is 348 g/mol. The smallest absolute Gasteiger partial charge is 0.210 e. The third-order valence-electron chi connectivity index (χ3n) is 3.40. The van der Waals surface area contributed by atoms with Gasteiger partial charge in [-0.05, 0) is 30.7 Å². The fraction of sp³-hybridized carbons (Fsp3) is 0.125. The maximum Gasteiger partial charge on any atom is 0.210 e. The van der Waals surface area contributed by atoms with Gasteiger partial charge in [0.05, 0.1) is 5.56 Å². The first kappa shape index (κ1) is 15.8. The average Bonchev–Trinajstić information content (AvgIpc) is 2.89. The Bertz CT molecular complexity index is 836. The normalized spacial score (nSPS) is 12.3. The van der Waals surface area contributed by atoms with Crippen molar-refractivity contribution in [2.24, 2.45) is 0 Å². The molecule has 2 N–H and O–H groups in total. The second-order valence-corrected chi connectivity index (χ2v) is 6.65. The summed E-state index contributed by atoms with van der Waals surface area (Å²) in [4.78, 5) is 0. The number of nitrogens with two attached hydrogens (primary N) is 1. The lowest BCUT2D eigenvalue weighted by Crippen LogP contribution is -2.12. The zero-order valence-corrected chi connectivity index (χ0v) is 13.9. The van der Waals surface area contributed by atoms with Crippen LogP contribution >= 0.6 is 23.4 Å². The first-order valence-corrected chi connectivity index (χ1v) is 8.20. The summed E-state index contributed by atoms with van der Waals surface area (Å²) in [5, 5.41) is 9.29. The molecule has 3 aromatic rings. The molecule has 118 valence electrons. The van der Waals surface area contributed by atoms with Crippen LogP contribution in [0.15, 0.2) is 53.7 Å². The van der Waals surface area contributed by atoms with Crippen LogP contribution in [0.25, 0.3) is 11.4 Å². The van der Waals surface area contributed by atoms with E-state index in [1.54, 1.807) is 18.2 Å². The molecule has 23 heavy (non-hydrogen) atoms. The van der Waals surface area contributed by atoms with E-state index in [0.29, 0.717) is 15.7 Å². The van der Waals surface area contributed by atoms with Crippen molar-refractivity contribution in [3.8, 4) is 11.4 Å². The number of benzene rings is 2. The molecule has 7 heteroatoms. The van der Waals surface area contributed by atoms with E-state index in [1.165, 1.54) is 22.5 Å². The van der Waals surface area contributed by atoms with Crippen molar-refractivity contribution >= 4 is 23.4 Å². The molecule has 0 bridgehead atoms. The van der Waals surface area contributed by atoms with E-state index < -0.39 is 0 Å². The van der Waals surface area contributed by atoms with Crippen LogP contribution in [0.1, 0.15) is 17.7 Å². The predicted molar refractivity (Wildman–Crippen MR) is 91.3 cm³/mol. The number of hydrogen-bond acceptors (Lipinski definition) is 4. The van der Waals surface area contributed by atoms with Gasteiger partial charge in [-0.2, -0.15) is 0 Å². The predicted octanol–water partition coefficient (Wildman–Crippen LogP) is 4.30. The quantitative estimate of drug-likeness (QED) is 0.564. The van der Waals surface area contributed by atoms with Gasteiger partial charge in [-0.25, -0.2) is 9.07 Å². The van der Waals surface area contributed by atoms with E-state index in [-0.39, 0.29) is 16.9 Å². The molecule has 0 fully saturated rings. The summed E-state index contributed by atoms with van der Waals surface area (Å²) in [7, 11) is 0. The number of nitrogens with zero attached hydrogens (tertiary/aromatic N) is 3. The van der Waals surface area contributed by atoms with Crippen molar-refractivity contribution in [3.63, 3.8) is 0 Å². The van der Waals surface area contributed by atoms with Gasteiger partial charge in [0.2, 0.25) is 5.16 Å². The summed E-state index contributed by atoms with van der Waals surface area (Å²) in [6, 6.07) is 13.9. The number of hydrogen-bond donors (Lipinski definition) is 1. The van der Waals surface area contributed by atoms with Gasteiger partial charge in [0.25, 0.3) is 0 Å². The van der Waals surface area contributed by atoms with Gasteiger partial charge in [0, 0.05) is 10.3 Å². The molecule has 4 nitrogen and oxygen atoms in total. The first-order valence-electron chi connectivity index (χ1n) is 6.94. The fourth-order valence-corrected chi connectivity index (χ4v) is 3.51.